The summed E-state index contributed by atoms with van der Waals surface area (Å²) >= 11 is 6.02. The van der Waals surface area contributed by atoms with Crippen LogP contribution in [0, 0.1) is 6.92 Å². The molecule has 0 aliphatic carbocycles. The van der Waals surface area contributed by atoms with E-state index in [1.165, 1.54) is 38.4 Å². The zero-order valence-electron chi connectivity index (χ0n) is 25.9. The van der Waals surface area contributed by atoms with Crippen LogP contribution in [0.4, 0.5) is 11.4 Å². The van der Waals surface area contributed by atoms with Crippen LogP contribution < -0.4 is 11.5 Å². The maximum absolute atomic E-state index is 6.02. The molecule has 5 N–H and O–H groups in total. The van der Waals surface area contributed by atoms with Gasteiger partial charge in [0.15, 0.2) is 0 Å². The van der Waals surface area contributed by atoms with Gasteiger partial charge in [0, 0.05) is 39.2 Å². The number of aromatic amines is 1. The monoisotopic (exact) mass is 577 g/mol. The predicted octanol–water partition coefficient (Wildman–Crippen LogP) is 11.3. The van der Waals surface area contributed by atoms with Crippen molar-refractivity contribution < 1.29 is 0 Å². The molecule has 0 radical (unpaired) electrons. The van der Waals surface area contributed by atoms with E-state index >= 15 is 0 Å². The molecule has 3 nitrogen and oxygen atoms in total. The van der Waals surface area contributed by atoms with E-state index in [2.05, 4.69) is 114 Å². The first-order chi connectivity index (χ1) is 20.0. The molecule has 0 amide bonds. The lowest BCUT2D eigenvalue weighted by Crippen LogP contribution is -1.94. The van der Waals surface area contributed by atoms with Gasteiger partial charge in [-0.15, -0.1) is 0 Å². The lowest BCUT2D eigenvalue weighted by Gasteiger charge is -2.13. The van der Waals surface area contributed by atoms with Crippen LogP contribution >= 0.6 is 11.6 Å². The first-order valence-electron chi connectivity index (χ1n) is 14.8. The summed E-state index contributed by atoms with van der Waals surface area (Å²) in [6.45, 7) is 15.4. The maximum Gasteiger partial charge on any atom is 0.0659 e. The molecule has 0 fully saturated rings. The highest BCUT2D eigenvalue weighted by atomic mass is 35.5. The molecule has 6 aromatic rings. The number of halogens is 1. The summed E-state index contributed by atoms with van der Waals surface area (Å²) in [6, 6.07) is 29.4. The van der Waals surface area contributed by atoms with Crippen molar-refractivity contribution >= 4 is 55.4 Å². The highest BCUT2D eigenvalue weighted by Crippen LogP contribution is 2.30. The Balaban J connectivity index is 0.000000145. The molecule has 218 valence electrons. The van der Waals surface area contributed by atoms with Gasteiger partial charge in [-0.2, -0.15) is 0 Å². The Morgan fingerprint density at radius 1 is 0.595 bits per heavy atom. The number of hydrogen-bond acceptors (Lipinski definition) is 2. The van der Waals surface area contributed by atoms with Crippen molar-refractivity contribution in [1.29, 1.82) is 0 Å². The van der Waals surface area contributed by atoms with E-state index in [9.17, 15) is 0 Å². The Labute approximate surface area is 255 Å². The summed E-state index contributed by atoms with van der Waals surface area (Å²) in [4.78, 5) is 3.12. The molecule has 4 heteroatoms. The molecule has 0 unspecified atom stereocenters. The van der Waals surface area contributed by atoms with Crippen LogP contribution in [0.25, 0.3) is 32.4 Å². The van der Waals surface area contributed by atoms with E-state index in [-0.39, 0.29) is 0 Å². The smallest absolute Gasteiger partial charge is 0.0659 e. The summed E-state index contributed by atoms with van der Waals surface area (Å²) in [5, 5.41) is 6.75. The molecule has 6 rings (SSSR count). The molecule has 0 spiro atoms. The summed E-state index contributed by atoms with van der Waals surface area (Å²) in [5.74, 6) is 1.69. The van der Waals surface area contributed by atoms with E-state index in [0.717, 1.165) is 32.7 Å². The number of fused-ring (bicyclic) bond motifs is 3. The zero-order valence-corrected chi connectivity index (χ0v) is 26.7. The van der Waals surface area contributed by atoms with Gasteiger partial charge >= 0.3 is 0 Å². The summed E-state index contributed by atoms with van der Waals surface area (Å²) < 4.78 is 0. The van der Waals surface area contributed by atoms with E-state index in [0.29, 0.717) is 17.8 Å². The molecular weight excluding hydrogens is 534 g/mol. The first kappa shape index (κ1) is 31.0. The van der Waals surface area contributed by atoms with Crippen molar-refractivity contribution in [3.8, 4) is 0 Å². The van der Waals surface area contributed by atoms with Crippen LogP contribution in [0.1, 0.15) is 81.5 Å². The van der Waals surface area contributed by atoms with Crippen LogP contribution in [0.2, 0.25) is 5.02 Å². The average Bonchev–Trinajstić information content (AvgIpc) is 3.34. The van der Waals surface area contributed by atoms with Gasteiger partial charge in [0.05, 0.1) is 5.02 Å². The van der Waals surface area contributed by atoms with Crippen molar-refractivity contribution in [1.82, 2.24) is 4.98 Å². The normalized spacial score (nSPS) is 11.2. The minimum atomic E-state index is 0.551. The lowest BCUT2D eigenvalue weighted by molar-refractivity contribution is 0.859. The van der Waals surface area contributed by atoms with Gasteiger partial charge in [-0.05, 0) is 82.0 Å². The number of aromatic nitrogens is 1. The first-order valence-corrected chi connectivity index (χ1v) is 15.2. The Morgan fingerprint density at radius 3 is 1.86 bits per heavy atom. The van der Waals surface area contributed by atoms with Gasteiger partial charge in [0.1, 0.15) is 0 Å². The average molecular weight is 578 g/mol. The number of nitrogens with two attached hydrogens (primary N) is 2. The van der Waals surface area contributed by atoms with Crippen molar-refractivity contribution in [2.24, 2.45) is 0 Å². The second-order valence-corrected chi connectivity index (χ2v) is 12.4. The van der Waals surface area contributed by atoms with Gasteiger partial charge in [0.25, 0.3) is 0 Å². The van der Waals surface area contributed by atoms with Gasteiger partial charge < -0.3 is 16.5 Å². The third-order valence-corrected chi connectivity index (χ3v) is 8.27. The highest BCUT2D eigenvalue weighted by Gasteiger charge is 2.08. The van der Waals surface area contributed by atoms with Crippen molar-refractivity contribution in [2.45, 2.75) is 66.2 Å². The molecule has 5 aromatic carbocycles. The van der Waals surface area contributed by atoms with Crippen LogP contribution in [0.5, 0.6) is 0 Å². The SMILES string of the molecule is CC(C)c1ccc2[nH]cc(Cl)c2c1.CC(C)c1ccc2c(N)cccc2c1.Cc1c(C(C)C)ccc2c(N)cccc12. The molecule has 0 saturated carbocycles. The molecule has 0 atom stereocenters. The van der Waals surface area contributed by atoms with Crippen molar-refractivity contribution in [3.05, 3.63) is 118 Å². The third-order valence-electron chi connectivity index (χ3n) is 7.96. The second kappa shape index (κ2) is 13.4. The fourth-order valence-electron chi connectivity index (χ4n) is 5.32. The maximum atomic E-state index is 6.02. The van der Waals surface area contributed by atoms with Gasteiger partial charge in [-0.25, -0.2) is 0 Å². The Morgan fingerprint density at radius 2 is 1.19 bits per heavy atom. The minimum absolute atomic E-state index is 0.551. The summed E-state index contributed by atoms with van der Waals surface area (Å²) in [5.41, 5.74) is 20.1. The van der Waals surface area contributed by atoms with Gasteiger partial charge in [-0.3, -0.25) is 0 Å². The van der Waals surface area contributed by atoms with Crippen molar-refractivity contribution in [3.63, 3.8) is 0 Å². The Bertz CT molecular complexity index is 1810. The number of rotatable bonds is 3. The minimum Gasteiger partial charge on any atom is -0.398 e. The number of anilines is 2. The summed E-state index contributed by atoms with van der Waals surface area (Å²) in [7, 11) is 0. The van der Waals surface area contributed by atoms with Gasteiger partial charge in [-0.1, -0.05) is 114 Å². The second-order valence-electron chi connectivity index (χ2n) is 12.0. The number of hydrogen-bond donors (Lipinski definition) is 3. The topological polar surface area (TPSA) is 67.8 Å². The third kappa shape index (κ3) is 6.91. The van der Waals surface area contributed by atoms with Crippen LogP contribution in [0.15, 0.2) is 91.1 Å². The van der Waals surface area contributed by atoms with Crippen LogP contribution in [-0.2, 0) is 0 Å². The quantitative estimate of drug-likeness (QED) is 0.183. The summed E-state index contributed by atoms with van der Waals surface area (Å²) in [6.07, 6.45) is 1.83. The van der Waals surface area contributed by atoms with Crippen molar-refractivity contribution in [2.75, 3.05) is 11.5 Å². The Hall–Kier alpha value is -3.95. The zero-order chi connectivity index (χ0) is 30.6. The van der Waals surface area contributed by atoms with Crippen LogP contribution in [0.3, 0.4) is 0 Å². The number of benzene rings is 5. The van der Waals surface area contributed by atoms with Crippen LogP contribution in [-0.4, -0.2) is 4.98 Å². The fourth-order valence-corrected chi connectivity index (χ4v) is 5.54. The molecule has 42 heavy (non-hydrogen) atoms. The predicted molar refractivity (Wildman–Crippen MR) is 187 cm³/mol. The number of nitrogens with one attached hydrogen (secondary N) is 1. The fraction of sp³-hybridized carbons (Fsp3) is 0.263. The van der Waals surface area contributed by atoms with Gasteiger partial charge in [0.2, 0.25) is 0 Å². The number of nitrogen functional groups attached to an aromatic ring is 2. The molecular formula is C38H44ClN3. The molecule has 0 aliphatic heterocycles. The lowest BCUT2D eigenvalue weighted by atomic mass is 9.93. The van der Waals surface area contributed by atoms with E-state index in [4.69, 9.17) is 23.1 Å². The standard InChI is InChI=1S/C14H17N.C13H15N.C11H12ClN/c1-9(2)11-7-8-13-12(10(11)3)5-4-6-14(13)15;1-9(2)10-6-7-12-11(8-10)4-3-5-13(12)14;1-7(2)8-3-4-11-9(5-8)10(12)6-13-11/h4-9H,15H2,1-3H3;3-9H,14H2,1-2H3;3-7,13H,1-2H3. The van der Waals surface area contributed by atoms with E-state index < -0.39 is 0 Å². The highest BCUT2D eigenvalue weighted by molar-refractivity contribution is 6.35. The molecule has 1 heterocycles. The molecule has 0 bridgehead atoms. The molecule has 0 aliphatic rings. The molecule has 1 aromatic heterocycles. The van der Waals surface area contributed by atoms with E-state index in [1.54, 1.807) is 0 Å². The Kier molecular flexibility index (Phi) is 9.85. The largest absolute Gasteiger partial charge is 0.398 e. The van der Waals surface area contributed by atoms with E-state index in [1.807, 2.05) is 30.5 Å². The number of H-pyrrole nitrogens is 1. The number of aryl methyl sites for hydroxylation is 1. The molecule has 0 saturated heterocycles.